The van der Waals surface area contributed by atoms with E-state index in [9.17, 15) is 9.90 Å². The van der Waals surface area contributed by atoms with Crippen LogP contribution in [0.2, 0.25) is 0 Å². The van der Waals surface area contributed by atoms with Crippen LogP contribution >= 0.6 is 0 Å². The lowest BCUT2D eigenvalue weighted by molar-refractivity contribution is -0.141. The predicted octanol–water partition coefficient (Wildman–Crippen LogP) is 1.26. The van der Waals surface area contributed by atoms with Gasteiger partial charge in [-0.3, -0.25) is 4.79 Å². The summed E-state index contributed by atoms with van der Waals surface area (Å²) in [7, 11) is 0. The van der Waals surface area contributed by atoms with Crippen molar-refractivity contribution in [2.45, 2.75) is 19.8 Å². The van der Waals surface area contributed by atoms with Gasteiger partial charge in [0, 0.05) is 12.8 Å². The third kappa shape index (κ3) is 7.77. The number of carbonyl (C=O) groups excluding carboxylic acids is 1. The number of amides is 1. The fourth-order valence-corrected chi connectivity index (χ4v) is 1.50. The lowest BCUT2D eigenvalue weighted by Gasteiger charge is -2.16. The van der Waals surface area contributed by atoms with Crippen LogP contribution in [0.4, 0.5) is 4.79 Å². The minimum atomic E-state index is -1.33. The number of aryl methyl sites for hydroxylation is 1. The van der Waals surface area contributed by atoms with E-state index in [1.165, 1.54) is 6.92 Å². The number of hydrogen-bond acceptors (Lipinski definition) is 4. The van der Waals surface area contributed by atoms with Crippen molar-refractivity contribution in [3.05, 3.63) is 35.4 Å². The first-order chi connectivity index (χ1) is 8.88. The van der Waals surface area contributed by atoms with Crippen molar-refractivity contribution in [2.75, 3.05) is 13.2 Å². The first kappa shape index (κ1) is 16.9. The van der Waals surface area contributed by atoms with E-state index in [0.717, 1.165) is 11.1 Å². The van der Waals surface area contributed by atoms with Gasteiger partial charge >= 0.3 is 12.1 Å². The summed E-state index contributed by atoms with van der Waals surface area (Å²) in [4.78, 5) is 19.5. The molecule has 0 spiro atoms. The van der Waals surface area contributed by atoms with Crippen molar-refractivity contribution in [1.29, 1.82) is 0 Å². The molecule has 0 fully saturated rings. The summed E-state index contributed by atoms with van der Waals surface area (Å²) in [5.41, 5.74) is 6.16. The molecule has 0 unspecified atom stereocenters. The van der Waals surface area contributed by atoms with E-state index >= 15 is 0 Å². The number of carbonyl (C=O) groups is 2. The number of primary amides is 1. The average Bonchev–Trinajstić information content (AvgIpc) is 2.31. The molecule has 0 bridgehead atoms. The second kappa shape index (κ2) is 8.93. The van der Waals surface area contributed by atoms with Crippen LogP contribution in [-0.2, 0) is 9.53 Å². The summed E-state index contributed by atoms with van der Waals surface area (Å²) in [6.07, 6.45) is -1.33. The Morgan fingerprint density at radius 1 is 1.37 bits per heavy atom. The van der Waals surface area contributed by atoms with Gasteiger partial charge in [0.25, 0.3) is 0 Å². The van der Waals surface area contributed by atoms with Gasteiger partial charge in [-0.2, -0.15) is 0 Å². The highest BCUT2D eigenvalue weighted by Crippen LogP contribution is 2.19. The van der Waals surface area contributed by atoms with Gasteiger partial charge in [-0.25, -0.2) is 4.79 Å². The molecule has 1 aromatic rings. The van der Waals surface area contributed by atoms with E-state index in [-0.39, 0.29) is 25.1 Å². The normalized spacial score (nSPS) is 10.9. The molecule has 0 aliphatic heterocycles. The molecular weight excluding hydrogens is 250 g/mol. The second-order valence-electron chi connectivity index (χ2n) is 3.88. The molecule has 6 nitrogen and oxygen atoms in total. The standard InChI is InChI=1S/C12H16O3.CH3NO2/c1-9-5-3-4-6-12(9)11(7-13)8-15-10(2)14;2-1(3)4/h3-6,11,13H,7-8H2,1-2H3;2H2,(H,3,4)/t11-;/m0./s1. The number of ether oxygens (including phenoxy) is 1. The second-order valence-corrected chi connectivity index (χ2v) is 3.88. The van der Waals surface area contributed by atoms with Gasteiger partial charge in [-0.1, -0.05) is 24.3 Å². The third-order valence-corrected chi connectivity index (χ3v) is 2.34. The zero-order chi connectivity index (χ0) is 14.8. The first-order valence-electron chi connectivity index (χ1n) is 5.66. The molecule has 19 heavy (non-hydrogen) atoms. The van der Waals surface area contributed by atoms with Crippen LogP contribution in [0, 0.1) is 6.92 Å². The highest BCUT2D eigenvalue weighted by molar-refractivity contribution is 5.66. The largest absolute Gasteiger partial charge is 0.465 e. The van der Waals surface area contributed by atoms with Crippen LogP contribution in [0.25, 0.3) is 0 Å². The summed E-state index contributed by atoms with van der Waals surface area (Å²) in [6, 6.07) is 7.78. The van der Waals surface area contributed by atoms with Gasteiger partial charge in [-0.15, -0.1) is 0 Å². The monoisotopic (exact) mass is 269 g/mol. The van der Waals surface area contributed by atoms with E-state index < -0.39 is 6.09 Å². The number of carboxylic acid groups (broad SMARTS) is 1. The topological polar surface area (TPSA) is 110 Å². The van der Waals surface area contributed by atoms with Crippen LogP contribution < -0.4 is 5.73 Å². The predicted molar refractivity (Wildman–Crippen MR) is 69.9 cm³/mol. The molecule has 4 N–H and O–H groups in total. The van der Waals surface area contributed by atoms with Crippen LogP contribution in [-0.4, -0.2) is 35.5 Å². The van der Waals surface area contributed by atoms with E-state index in [4.69, 9.17) is 14.6 Å². The molecule has 106 valence electrons. The molecule has 0 aromatic heterocycles. The van der Waals surface area contributed by atoms with Gasteiger partial charge in [0.15, 0.2) is 0 Å². The molecule has 0 aliphatic carbocycles. The maximum Gasteiger partial charge on any atom is 0.402 e. The Hall–Kier alpha value is -2.08. The lowest BCUT2D eigenvalue weighted by atomic mass is 9.96. The average molecular weight is 269 g/mol. The van der Waals surface area contributed by atoms with Crippen LogP contribution in [0.1, 0.15) is 24.0 Å². The molecule has 0 saturated carbocycles. The third-order valence-electron chi connectivity index (χ3n) is 2.34. The summed E-state index contributed by atoms with van der Waals surface area (Å²) >= 11 is 0. The Labute approximate surface area is 111 Å². The number of nitrogens with two attached hydrogens (primary N) is 1. The highest BCUT2D eigenvalue weighted by Gasteiger charge is 2.13. The fraction of sp³-hybridized carbons (Fsp3) is 0.385. The molecule has 1 amide bonds. The van der Waals surface area contributed by atoms with Gasteiger partial charge < -0.3 is 20.7 Å². The van der Waals surface area contributed by atoms with Crippen LogP contribution in [0.15, 0.2) is 24.3 Å². The van der Waals surface area contributed by atoms with Crippen LogP contribution in [0.5, 0.6) is 0 Å². The molecule has 0 radical (unpaired) electrons. The van der Waals surface area contributed by atoms with Gasteiger partial charge in [-0.05, 0) is 18.1 Å². The van der Waals surface area contributed by atoms with Crippen molar-refractivity contribution < 1.29 is 24.5 Å². The molecule has 6 heteroatoms. The van der Waals surface area contributed by atoms with Crippen molar-refractivity contribution in [1.82, 2.24) is 0 Å². The minimum absolute atomic E-state index is 0.0157. The molecule has 1 aromatic carbocycles. The van der Waals surface area contributed by atoms with Crippen molar-refractivity contribution >= 4 is 12.1 Å². The number of esters is 1. The maximum atomic E-state index is 10.7. The zero-order valence-electron chi connectivity index (χ0n) is 11.0. The molecule has 0 saturated heterocycles. The van der Waals surface area contributed by atoms with Gasteiger partial charge in [0.05, 0.1) is 6.61 Å². The Kier molecular flexibility index (Phi) is 7.95. The summed E-state index contributed by atoms with van der Waals surface area (Å²) in [5.74, 6) is -0.447. The maximum absolute atomic E-state index is 10.7. The van der Waals surface area contributed by atoms with Crippen molar-refractivity contribution in [2.24, 2.45) is 5.73 Å². The number of benzene rings is 1. The Morgan fingerprint density at radius 2 is 1.89 bits per heavy atom. The molecule has 1 atom stereocenters. The highest BCUT2D eigenvalue weighted by atomic mass is 16.5. The number of aliphatic hydroxyl groups is 1. The van der Waals surface area contributed by atoms with Crippen molar-refractivity contribution in [3.8, 4) is 0 Å². The summed E-state index contributed by atoms with van der Waals surface area (Å²) < 4.78 is 4.91. The fourth-order valence-electron chi connectivity index (χ4n) is 1.50. The zero-order valence-corrected chi connectivity index (χ0v) is 11.0. The summed E-state index contributed by atoms with van der Waals surface area (Å²) in [6.45, 7) is 3.56. The molecule has 0 aliphatic rings. The first-order valence-corrected chi connectivity index (χ1v) is 5.66. The van der Waals surface area contributed by atoms with Gasteiger partial charge in [0.2, 0.25) is 0 Å². The number of aliphatic hydroxyl groups excluding tert-OH is 1. The Balaban J connectivity index is 0.000000711. The van der Waals surface area contributed by atoms with E-state index in [0.29, 0.717) is 0 Å². The number of rotatable bonds is 4. The molecular formula is C13H19NO5. The smallest absolute Gasteiger partial charge is 0.402 e. The molecule has 1 rings (SSSR count). The molecule has 0 heterocycles. The Morgan fingerprint density at radius 3 is 2.32 bits per heavy atom. The minimum Gasteiger partial charge on any atom is -0.465 e. The van der Waals surface area contributed by atoms with Gasteiger partial charge in [0.1, 0.15) is 6.61 Å². The van der Waals surface area contributed by atoms with Crippen LogP contribution in [0.3, 0.4) is 0 Å². The Bertz CT molecular complexity index is 415. The van der Waals surface area contributed by atoms with E-state index in [2.05, 4.69) is 5.73 Å². The van der Waals surface area contributed by atoms with E-state index in [1.807, 2.05) is 31.2 Å². The SMILES string of the molecule is CC(=O)OC[C@H](CO)c1ccccc1C.NC(=O)O. The number of hydrogen-bond donors (Lipinski definition) is 3. The van der Waals surface area contributed by atoms with E-state index in [1.54, 1.807) is 0 Å². The summed E-state index contributed by atoms with van der Waals surface area (Å²) in [5, 5.41) is 16.4. The lowest BCUT2D eigenvalue weighted by Crippen LogP contribution is -2.15. The quantitative estimate of drug-likeness (QED) is 0.713. The van der Waals surface area contributed by atoms with Crippen molar-refractivity contribution in [3.63, 3.8) is 0 Å².